The monoisotopic (exact) mass is 365 g/mol. The molecule has 2 rings (SSSR count). The molecule has 112 valence electrons. The molecule has 0 aliphatic carbocycles. The molecule has 0 saturated carbocycles. The van der Waals surface area contributed by atoms with Gasteiger partial charge in [-0.1, -0.05) is 0 Å². The van der Waals surface area contributed by atoms with Gasteiger partial charge in [0.25, 0.3) is 0 Å². The zero-order valence-electron chi connectivity index (χ0n) is 11.1. The first-order chi connectivity index (χ1) is 9.32. The fourth-order valence-electron chi connectivity index (χ4n) is 2.17. The Labute approximate surface area is 126 Å². The van der Waals surface area contributed by atoms with Crippen molar-refractivity contribution < 1.29 is 12.8 Å². The van der Waals surface area contributed by atoms with E-state index in [0.29, 0.717) is 19.6 Å². The number of nitrogen functional groups attached to an aromatic ring is 1. The van der Waals surface area contributed by atoms with Crippen LogP contribution in [0.5, 0.6) is 0 Å². The highest BCUT2D eigenvalue weighted by Gasteiger charge is 2.29. The minimum absolute atomic E-state index is 0.0583. The number of anilines is 1. The summed E-state index contributed by atoms with van der Waals surface area (Å²) in [6.45, 7) is 2.20. The summed E-state index contributed by atoms with van der Waals surface area (Å²) in [5, 5.41) is 0. The molecule has 0 bridgehead atoms. The maximum absolute atomic E-state index is 14.1. The van der Waals surface area contributed by atoms with Crippen LogP contribution in [0.3, 0.4) is 0 Å². The average molecular weight is 366 g/mol. The first-order valence-electron chi connectivity index (χ1n) is 6.25. The van der Waals surface area contributed by atoms with Gasteiger partial charge in [-0.15, -0.1) is 0 Å². The summed E-state index contributed by atoms with van der Waals surface area (Å²) < 4.78 is 40.6. The third-order valence-electron chi connectivity index (χ3n) is 3.31. The van der Waals surface area contributed by atoms with E-state index in [0.717, 1.165) is 13.0 Å². The number of nitrogens with zero attached hydrogens (tertiary/aromatic N) is 2. The van der Waals surface area contributed by atoms with Crippen LogP contribution in [0.25, 0.3) is 0 Å². The lowest BCUT2D eigenvalue weighted by Crippen LogP contribution is -2.35. The summed E-state index contributed by atoms with van der Waals surface area (Å²) >= 11 is 2.99. The van der Waals surface area contributed by atoms with E-state index in [-0.39, 0.29) is 15.1 Å². The van der Waals surface area contributed by atoms with Gasteiger partial charge in [0.15, 0.2) is 5.82 Å². The van der Waals surface area contributed by atoms with Crippen LogP contribution in [-0.2, 0) is 10.0 Å². The van der Waals surface area contributed by atoms with Crippen LogP contribution in [0.4, 0.5) is 10.1 Å². The van der Waals surface area contributed by atoms with Crippen molar-refractivity contribution in [3.05, 3.63) is 22.4 Å². The van der Waals surface area contributed by atoms with Crippen LogP contribution in [0.1, 0.15) is 6.42 Å². The van der Waals surface area contributed by atoms with E-state index in [9.17, 15) is 12.8 Å². The summed E-state index contributed by atoms with van der Waals surface area (Å²) in [5.74, 6) is -0.795. The fourth-order valence-corrected chi connectivity index (χ4v) is 4.37. The zero-order chi connectivity index (χ0) is 14.9. The molecule has 1 heterocycles. The predicted molar refractivity (Wildman–Crippen MR) is 79.4 cm³/mol. The van der Waals surface area contributed by atoms with Crippen LogP contribution in [-0.4, -0.2) is 50.8 Å². The Morgan fingerprint density at radius 1 is 1.25 bits per heavy atom. The minimum atomic E-state index is -3.86. The number of likely N-dealkylation sites (N-methyl/N-ethyl adjacent to an activating group) is 1. The zero-order valence-corrected chi connectivity index (χ0v) is 13.5. The Balaban J connectivity index is 2.40. The molecule has 0 spiro atoms. The molecule has 5 nitrogen and oxygen atoms in total. The number of rotatable bonds is 2. The van der Waals surface area contributed by atoms with Gasteiger partial charge in [-0.05, 0) is 48.1 Å². The SMILES string of the molecule is CN1CCCN(S(=O)(=O)c2cc(N)cc(Br)c2F)CC1. The lowest BCUT2D eigenvalue weighted by atomic mass is 10.3. The molecule has 1 aromatic carbocycles. The molecule has 1 aliphatic rings. The Bertz CT molecular complexity index is 609. The van der Waals surface area contributed by atoms with Crippen molar-refractivity contribution in [2.75, 3.05) is 39.0 Å². The molecule has 2 N–H and O–H groups in total. The third kappa shape index (κ3) is 3.13. The van der Waals surface area contributed by atoms with E-state index in [1.165, 1.54) is 16.4 Å². The Morgan fingerprint density at radius 2 is 1.95 bits per heavy atom. The molecule has 0 atom stereocenters. The predicted octanol–water partition coefficient (Wildman–Crippen LogP) is 1.50. The number of hydrogen-bond acceptors (Lipinski definition) is 4. The van der Waals surface area contributed by atoms with Crippen LogP contribution in [0.2, 0.25) is 0 Å². The quantitative estimate of drug-likeness (QED) is 0.806. The van der Waals surface area contributed by atoms with Gasteiger partial charge in [-0.25, -0.2) is 12.8 Å². The molecule has 1 aliphatic heterocycles. The number of hydrogen-bond donors (Lipinski definition) is 1. The molecule has 1 saturated heterocycles. The molecule has 1 aromatic rings. The Morgan fingerprint density at radius 3 is 2.65 bits per heavy atom. The van der Waals surface area contributed by atoms with Crippen molar-refractivity contribution in [3.8, 4) is 0 Å². The molecule has 0 radical (unpaired) electrons. The van der Waals surface area contributed by atoms with Crippen LogP contribution >= 0.6 is 15.9 Å². The number of halogens is 2. The highest BCUT2D eigenvalue weighted by Crippen LogP contribution is 2.28. The average Bonchev–Trinajstić information content (AvgIpc) is 2.58. The van der Waals surface area contributed by atoms with Gasteiger partial charge in [0.05, 0.1) is 4.47 Å². The summed E-state index contributed by atoms with van der Waals surface area (Å²) in [6.07, 6.45) is 0.723. The van der Waals surface area contributed by atoms with E-state index in [1.54, 1.807) is 0 Å². The maximum atomic E-state index is 14.1. The van der Waals surface area contributed by atoms with Crippen molar-refractivity contribution in [3.63, 3.8) is 0 Å². The molecular formula is C12H17BrFN3O2S. The fraction of sp³-hybridized carbons (Fsp3) is 0.500. The second kappa shape index (κ2) is 5.97. The lowest BCUT2D eigenvalue weighted by Gasteiger charge is -2.21. The Kier molecular flexibility index (Phi) is 4.68. The van der Waals surface area contributed by atoms with Crippen LogP contribution in [0, 0.1) is 5.82 Å². The van der Waals surface area contributed by atoms with Crippen molar-refractivity contribution in [2.45, 2.75) is 11.3 Å². The van der Waals surface area contributed by atoms with Gasteiger partial charge in [-0.2, -0.15) is 4.31 Å². The number of sulfonamides is 1. The van der Waals surface area contributed by atoms with Gasteiger partial charge in [0.2, 0.25) is 10.0 Å². The molecule has 0 amide bonds. The highest BCUT2D eigenvalue weighted by molar-refractivity contribution is 9.10. The van der Waals surface area contributed by atoms with E-state index in [4.69, 9.17) is 5.73 Å². The smallest absolute Gasteiger partial charge is 0.246 e. The lowest BCUT2D eigenvalue weighted by molar-refractivity contribution is 0.347. The van der Waals surface area contributed by atoms with Gasteiger partial charge < -0.3 is 10.6 Å². The van der Waals surface area contributed by atoms with Crippen molar-refractivity contribution in [2.24, 2.45) is 0 Å². The first kappa shape index (κ1) is 15.7. The van der Waals surface area contributed by atoms with Crippen LogP contribution in [0.15, 0.2) is 21.5 Å². The standard InChI is InChI=1S/C12H17BrFN3O2S/c1-16-3-2-4-17(6-5-16)20(18,19)11-8-9(15)7-10(13)12(11)14/h7-8H,2-6,15H2,1H3. The summed E-state index contributed by atoms with van der Waals surface area (Å²) in [5.41, 5.74) is 5.83. The molecule has 0 aromatic heterocycles. The molecular weight excluding hydrogens is 349 g/mol. The molecule has 8 heteroatoms. The van der Waals surface area contributed by atoms with Gasteiger partial charge >= 0.3 is 0 Å². The van der Waals surface area contributed by atoms with Crippen LogP contribution < -0.4 is 5.73 Å². The first-order valence-corrected chi connectivity index (χ1v) is 8.49. The minimum Gasteiger partial charge on any atom is -0.399 e. The topological polar surface area (TPSA) is 66.6 Å². The summed E-state index contributed by atoms with van der Waals surface area (Å²) in [7, 11) is -1.92. The molecule has 20 heavy (non-hydrogen) atoms. The van der Waals surface area contributed by atoms with E-state index in [1.807, 2.05) is 7.05 Å². The number of benzene rings is 1. The highest BCUT2D eigenvalue weighted by atomic mass is 79.9. The Hall–Kier alpha value is -0.700. The molecule has 0 unspecified atom stereocenters. The van der Waals surface area contributed by atoms with Gasteiger partial charge in [0, 0.05) is 25.3 Å². The van der Waals surface area contributed by atoms with E-state index >= 15 is 0 Å². The van der Waals surface area contributed by atoms with Gasteiger partial charge in [-0.3, -0.25) is 0 Å². The van der Waals surface area contributed by atoms with Crippen molar-refractivity contribution in [1.82, 2.24) is 9.21 Å². The second-order valence-corrected chi connectivity index (χ2v) is 7.64. The number of nitrogens with two attached hydrogens (primary N) is 1. The largest absolute Gasteiger partial charge is 0.399 e. The van der Waals surface area contributed by atoms with E-state index < -0.39 is 15.8 Å². The van der Waals surface area contributed by atoms with Crippen molar-refractivity contribution in [1.29, 1.82) is 0 Å². The van der Waals surface area contributed by atoms with Gasteiger partial charge in [0.1, 0.15) is 4.90 Å². The third-order valence-corrected chi connectivity index (χ3v) is 5.79. The second-order valence-electron chi connectivity index (χ2n) is 4.88. The molecule has 1 fully saturated rings. The van der Waals surface area contributed by atoms with E-state index in [2.05, 4.69) is 20.8 Å². The summed E-state index contributed by atoms with van der Waals surface area (Å²) in [4.78, 5) is 1.69. The van der Waals surface area contributed by atoms with Crippen molar-refractivity contribution >= 4 is 31.6 Å². The maximum Gasteiger partial charge on any atom is 0.246 e. The normalized spacial score (nSPS) is 18.9. The summed E-state index contributed by atoms with van der Waals surface area (Å²) in [6, 6.07) is 2.52.